The van der Waals surface area contributed by atoms with E-state index in [-0.39, 0.29) is 0 Å². The van der Waals surface area contributed by atoms with Gasteiger partial charge in [0.25, 0.3) is 0 Å². The number of furan rings is 1. The molecule has 0 atom stereocenters. The number of benzene rings is 3. The molecule has 0 fully saturated rings. The summed E-state index contributed by atoms with van der Waals surface area (Å²) in [6, 6.07) is 26.1. The molecule has 2 heteroatoms. The summed E-state index contributed by atoms with van der Waals surface area (Å²) in [4.78, 5) is 0. The minimum absolute atomic E-state index is 0.817. The highest BCUT2D eigenvalue weighted by Crippen LogP contribution is 2.40. The molecule has 0 N–H and O–H groups in total. The van der Waals surface area contributed by atoms with Gasteiger partial charge in [-0.25, -0.2) is 0 Å². The van der Waals surface area contributed by atoms with E-state index in [2.05, 4.69) is 30.5 Å². The molecule has 0 saturated carbocycles. The van der Waals surface area contributed by atoms with Crippen LogP contribution in [0.1, 0.15) is 11.1 Å². The first-order valence-electron chi connectivity index (χ1n) is 8.43. The topological polar surface area (TPSA) is 22.4 Å². The van der Waals surface area contributed by atoms with Crippen LogP contribution in [0, 0.1) is 0 Å². The highest BCUT2D eigenvalue weighted by atomic mass is 16.5. The number of hydrogen-bond donors (Lipinski definition) is 0. The van der Waals surface area contributed by atoms with Gasteiger partial charge in [-0.15, -0.1) is 5.73 Å². The molecule has 126 valence electrons. The van der Waals surface area contributed by atoms with Crippen molar-refractivity contribution in [2.24, 2.45) is 0 Å². The van der Waals surface area contributed by atoms with Gasteiger partial charge in [0.1, 0.15) is 17.1 Å². The maximum absolute atomic E-state index is 6.22. The Kier molecular flexibility index (Phi) is 4.18. The van der Waals surface area contributed by atoms with Crippen LogP contribution in [0.2, 0.25) is 0 Å². The Morgan fingerprint density at radius 1 is 0.885 bits per heavy atom. The molecule has 2 nitrogen and oxygen atoms in total. The van der Waals surface area contributed by atoms with Crippen LogP contribution in [0.25, 0.3) is 27.9 Å². The zero-order valence-corrected chi connectivity index (χ0v) is 14.5. The van der Waals surface area contributed by atoms with E-state index in [1.165, 1.54) is 0 Å². The molecule has 0 spiro atoms. The van der Waals surface area contributed by atoms with Gasteiger partial charge in [-0.05, 0) is 23.8 Å². The Morgan fingerprint density at radius 3 is 2.27 bits per heavy atom. The van der Waals surface area contributed by atoms with Gasteiger partial charge in [0.05, 0.1) is 7.11 Å². The summed E-state index contributed by atoms with van der Waals surface area (Å²) in [6.07, 6.45) is 0. The van der Waals surface area contributed by atoms with Crippen LogP contribution in [0.15, 0.2) is 95.6 Å². The van der Waals surface area contributed by atoms with Crippen LogP contribution in [0.3, 0.4) is 0 Å². The van der Waals surface area contributed by atoms with Crippen LogP contribution in [-0.4, -0.2) is 7.11 Å². The molecule has 0 amide bonds. The smallest absolute Gasteiger partial charge is 0.143 e. The molecule has 0 unspecified atom stereocenters. The lowest BCUT2D eigenvalue weighted by Gasteiger charge is -2.08. The van der Waals surface area contributed by atoms with E-state index in [9.17, 15) is 0 Å². The van der Waals surface area contributed by atoms with Crippen LogP contribution in [-0.2, 0) is 0 Å². The van der Waals surface area contributed by atoms with E-state index in [1.807, 2.05) is 60.7 Å². The molecule has 1 aromatic heterocycles. The van der Waals surface area contributed by atoms with E-state index < -0.39 is 0 Å². The SMILES string of the molecule is C=C=C(c1ccc(OC)cc1)c1c(-c2ccccc2)oc2ccccc12. The zero-order chi connectivity index (χ0) is 17.9. The van der Waals surface area contributed by atoms with E-state index >= 15 is 0 Å². The second kappa shape index (κ2) is 6.79. The standard InChI is InChI=1S/C24H18O2/c1-3-20(17-13-15-19(25-2)16-14-17)23-21-11-7-8-12-22(21)26-24(23)18-9-5-4-6-10-18/h4-16H,1H2,2H3. The molecule has 0 radical (unpaired) electrons. The maximum atomic E-state index is 6.22. The predicted molar refractivity (Wildman–Crippen MR) is 106 cm³/mol. The van der Waals surface area contributed by atoms with Crippen molar-refractivity contribution in [1.29, 1.82) is 0 Å². The van der Waals surface area contributed by atoms with Crippen LogP contribution >= 0.6 is 0 Å². The Hall–Kier alpha value is -3.48. The molecule has 0 bridgehead atoms. The molecule has 1 heterocycles. The third kappa shape index (κ3) is 2.73. The molecular formula is C24H18O2. The average molecular weight is 338 g/mol. The fourth-order valence-electron chi connectivity index (χ4n) is 3.18. The average Bonchev–Trinajstić information content (AvgIpc) is 3.09. The number of fused-ring (bicyclic) bond motifs is 1. The largest absolute Gasteiger partial charge is 0.497 e. The Balaban J connectivity index is 1.97. The van der Waals surface area contributed by atoms with Crippen molar-refractivity contribution in [3.8, 4) is 17.1 Å². The van der Waals surface area contributed by atoms with E-state index in [4.69, 9.17) is 9.15 Å². The third-order valence-electron chi connectivity index (χ3n) is 4.44. The fourth-order valence-corrected chi connectivity index (χ4v) is 3.18. The molecule has 4 aromatic rings. The van der Waals surface area contributed by atoms with E-state index in [1.54, 1.807) is 7.11 Å². The van der Waals surface area contributed by atoms with Gasteiger partial charge in [0, 0.05) is 22.1 Å². The van der Waals surface area contributed by atoms with Gasteiger partial charge < -0.3 is 9.15 Å². The molecule has 0 aliphatic carbocycles. The third-order valence-corrected chi connectivity index (χ3v) is 4.44. The van der Waals surface area contributed by atoms with Crippen molar-refractivity contribution < 1.29 is 9.15 Å². The van der Waals surface area contributed by atoms with Gasteiger partial charge in [0.15, 0.2) is 0 Å². The highest BCUT2D eigenvalue weighted by molar-refractivity contribution is 6.01. The summed E-state index contributed by atoms with van der Waals surface area (Å²) >= 11 is 0. The first-order chi connectivity index (χ1) is 12.8. The number of ether oxygens (including phenoxy) is 1. The Morgan fingerprint density at radius 2 is 1.58 bits per heavy atom. The molecular weight excluding hydrogens is 320 g/mol. The van der Waals surface area contributed by atoms with Gasteiger partial charge in [-0.1, -0.05) is 67.2 Å². The molecule has 0 saturated heterocycles. The van der Waals surface area contributed by atoms with Crippen molar-refractivity contribution in [3.63, 3.8) is 0 Å². The van der Waals surface area contributed by atoms with E-state index in [0.29, 0.717) is 0 Å². The first-order valence-corrected chi connectivity index (χ1v) is 8.43. The zero-order valence-electron chi connectivity index (χ0n) is 14.5. The second-order valence-corrected chi connectivity index (χ2v) is 5.95. The monoisotopic (exact) mass is 338 g/mol. The number of hydrogen-bond acceptors (Lipinski definition) is 2. The predicted octanol–water partition coefficient (Wildman–Crippen LogP) is 6.33. The quantitative estimate of drug-likeness (QED) is 0.406. The lowest BCUT2D eigenvalue weighted by atomic mass is 9.94. The van der Waals surface area contributed by atoms with Crippen molar-refractivity contribution >= 4 is 16.5 Å². The van der Waals surface area contributed by atoms with Crippen molar-refractivity contribution in [2.45, 2.75) is 0 Å². The molecule has 4 rings (SSSR count). The van der Waals surface area contributed by atoms with Crippen LogP contribution in [0.5, 0.6) is 5.75 Å². The molecule has 26 heavy (non-hydrogen) atoms. The van der Waals surface area contributed by atoms with E-state index in [0.717, 1.165) is 44.7 Å². The minimum Gasteiger partial charge on any atom is -0.497 e. The van der Waals surface area contributed by atoms with Gasteiger partial charge >= 0.3 is 0 Å². The van der Waals surface area contributed by atoms with Crippen molar-refractivity contribution in [1.82, 2.24) is 0 Å². The number of methoxy groups -OCH3 is 1. The van der Waals surface area contributed by atoms with Gasteiger partial charge in [-0.3, -0.25) is 0 Å². The summed E-state index contributed by atoms with van der Waals surface area (Å²) in [7, 11) is 1.66. The summed E-state index contributed by atoms with van der Waals surface area (Å²) in [5.41, 5.74) is 7.94. The molecule has 3 aromatic carbocycles. The summed E-state index contributed by atoms with van der Waals surface area (Å²) < 4.78 is 11.5. The number of rotatable bonds is 4. The summed E-state index contributed by atoms with van der Waals surface area (Å²) in [5, 5.41) is 1.05. The van der Waals surface area contributed by atoms with Crippen molar-refractivity contribution in [2.75, 3.05) is 7.11 Å². The van der Waals surface area contributed by atoms with Gasteiger partial charge in [-0.2, -0.15) is 0 Å². The first kappa shape index (κ1) is 16.0. The van der Waals surface area contributed by atoms with Gasteiger partial charge in [0.2, 0.25) is 0 Å². The number of para-hydroxylation sites is 1. The second-order valence-electron chi connectivity index (χ2n) is 5.95. The highest BCUT2D eigenvalue weighted by Gasteiger charge is 2.20. The minimum atomic E-state index is 0.817. The fraction of sp³-hybridized carbons (Fsp3) is 0.0417. The Bertz CT molecular complexity index is 1100. The van der Waals surface area contributed by atoms with Crippen molar-refractivity contribution in [3.05, 3.63) is 102 Å². The maximum Gasteiger partial charge on any atom is 0.143 e. The molecule has 0 aliphatic rings. The lowest BCUT2D eigenvalue weighted by molar-refractivity contribution is 0.415. The van der Waals surface area contributed by atoms with Crippen LogP contribution in [0.4, 0.5) is 0 Å². The summed E-state index contributed by atoms with van der Waals surface area (Å²) in [6.45, 7) is 3.94. The molecule has 0 aliphatic heterocycles. The lowest BCUT2D eigenvalue weighted by Crippen LogP contribution is -1.90. The normalized spacial score (nSPS) is 10.5. The van der Waals surface area contributed by atoms with Crippen LogP contribution < -0.4 is 4.74 Å². The summed E-state index contributed by atoms with van der Waals surface area (Å²) in [5.74, 6) is 1.64. The Labute approximate surface area is 152 Å².